The number of fused-ring (bicyclic) bond motifs is 2. The highest BCUT2D eigenvalue weighted by Crippen LogP contribution is 2.47. The van der Waals surface area contributed by atoms with Crippen LogP contribution in [0.1, 0.15) is 38.8 Å². The van der Waals surface area contributed by atoms with E-state index in [-0.39, 0.29) is 10.3 Å². The molecule has 2 aromatic carbocycles. The second-order valence-electron chi connectivity index (χ2n) is 10.5. The zero-order valence-electron chi connectivity index (χ0n) is 22.7. The van der Waals surface area contributed by atoms with Crippen molar-refractivity contribution in [1.29, 1.82) is 0 Å². The van der Waals surface area contributed by atoms with Crippen molar-refractivity contribution in [1.82, 2.24) is 0 Å². The van der Waals surface area contributed by atoms with Crippen LogP contribution >= 0.6 is 12.0 Å². The third kappa shape index (κ3) is 5.54. The minimum atomic E-state index is -4.27. The molecule has 0 atom stereocenters. The maximum Gasteiger partial charge on any atom is 0.294 e. The number of anilines is 1. The van der Waals surface area contributed by atoms with E-state index in [0.717, 1.165) is 50.8 Å². The summed E-state index contributed by atoms with van der Waals surface area (Å²) < 4.78 is 39.5. The predicted molar refractivity (Wildman–Crippen MR) is 154 cm³/mol. The van der Waals surface area contributed by atoms with Gasteiger partial charge in [0, 0.05) is 46.4 Å². The molecular weight excluding hydrogens is 536 g/mol. The van der Waals surface area contributed by atoms with Gasteiger partial charge in [-0.2, -0.15) is 13.0 Å². The summed E-state index contributed by atoms with van der Waals surface area (Å²) in [7, 11) is -0.279. The van der Waals surface area contributed by atoms with Crippen molar-refractivity contribution in [2.24, 2.45) is 0 Å². The summed E-state index contributed by atoms with van der Waals surface area (Å²) in [6.07, 6.45) is 14.0. The highest BCUT2D eigenvalue weighted by Gasteiger charge is 2.43. The Labute approximate surface area is 234 Å². The number of hydrogen-bond donors (Lipinski definition) is 2. The van der Waals surface area contributed by atoms with Gasteiger partial charge in [-0.05, 0) is 55.8 Å². The first-order valence-electron chi connectivity index (χ1n) is 12.3. The quantitative estimate of drug-likeness (QED) is 0.0948. The van der Waals surface area contributed by atoms with Crippen LogP contribution in [0, 0.1) is 0 Å². The van der Waals surface area contributed by atoms with Gasteiger partial charge in [-0.3, -0.25) is 4.55 Å². The molecule has 0 bridgehead atoms. The molecule has 0 saturated heterocycles. The number of hydrogen-bond acceptors (Lipinski definition) is 7. The Kier molecular flexibility index (Phi) is 8.09. The van der Waals surface area contributed by atoms with Gasteiger partial charge >= 0.3 is 0 Å². The molecule has 0 unspecified atom stereocenters. The van der Waals surface area contributed by atoms with E-state index < -0.39 is 15.5 Å². The molecule has 0 saturated carbocycles. The average molecular weight is 570 g/mol. The Bertz CT molecular complexity index is 1550. The molecule has 4 rings (SSSR count). The monoisotopic (exact) mass is 569 g/mol. The molecule has 2 N–H and O–H groups in total. The third-order valence-electron chi connectivity index (χ3n) is 7.42. The largest absolute Gasteiger partial charge is 0.347 e. The number of nitrogens with zero attached hydrogens (tertiary/aromatic N) is 2. The summed E-state index contributed by atoms with van der Waals surface area (Å²) in [4.78, 5) is 2.76. The number of benzene rings is 2. The fourth-order valence-electron chi connectivity index (χ4n) is 5.38. The van der Waals surface area contributed by atoms with Crippen LogP contribution in [0.3, 0.4) is 0 Å². The fraction of sp³-hybridized carbons (Fsp3) is 0.276. The molecule has 8 nitrogen and oxygen atoms in total. The van der Waals surface area contributed by atoms with Gasteiger partial charge in [0.15, 0.2) is 5.71 Å². The first-order chi connectivity index (χ1) is 18.3. The summed E-state index contributed by atoms with van der Waals surface area (Å²) in [5.74, 6) is 0. The minimum Gasteiger partial charge on any atom is -0.347 e. The van der Waals surface area contributed by atoms with E-state index in [0.29, 0.717) is 0 Å². The maximum atomic E-state index is 11.6. The molecule has 0 aromatic heterocycles. The molecule has 2 aromatic rings. The van der Waals surface area contributed by atoms with Crippen molar-refractivity contribution in [2.45, 2.75) is 48.3 Å². The van der Waals surface area contributed by atoms with E-state index in [1.807, 2.05) is 87.5 Å². The van der Waals surface area contributed by atoms with Crippen LogP contribution in [-0.2, 0) is 30.3 Å². The van der Waals surface area contributed by atoms with Gasteiger partial charge in [-0.15, -0.1) is 4.33 Å². The first kappa shape index (κ1) is 29.0. The van der Waals surface area contributed by atoms with Crippen LogP contribution in [0.25, 0.3) is 0 Å². The second-order valence-corrected chi connectivity index (χ2v) is 12.7. The highest BCUT2D eigenvalue weighted by molar-refractivity contribution is 7.94. The molecule has 0 aliphatic carbocycles. The SMILES string of the molecule is CN1C(=CC=CC=CC=CC2=[N+](C)c3ccc(SOOO)cc3C2(C)C)C(C)(C)c2cc(S(=O)(=O)O)ccc21. The topological polar surface area (TPSA) is 99.3 Å². The van der Waals surface area contributed by atoms with Gasteiger partial charge in [-0.25, -0.2) is 5.26 Å². The van der Waals surface area contributed by atoms with Crippen molar-refractivity contribution in [3.63, 3.8) is 0 Å². The van der Waals surface area contributed by atoms with Gasteiger partial charge in [0.2, 0.25) is 5.69 Å². The molecule has 2 heterocycles. The molecule has 206 valence electrons. The van der Waals surface area contributed by atoms with Gasteiger partial charge in [-0.1, -0.05) is 49.3 Å². The normalized spacial score (nSPS) is 19.3. The van der Waals surface area contributed by atoms with Gasteiger partial charge in [0.1, 0.15) is 7.05 Å². The predicted octanol–water partition coefficient (Wildman–Crippen LogP) is 6.35. The number of allylic oxidation sites excluding steroid dienone is 8. The Morgan fingerprint density at radius 2 is 1.64 bits per heavy atom. The minimum absolute atomic E-state index is 0.101. The van der Waals surface area contributed by atoms with Crippen LogP contribution in [0.5, 0.6) is 0 Å². The summed E-state index contributed by atoms with van der Waals surface area (Å²) in [6.45, 7) is 8.40. The molecular formula is C29H33N2O6S2+. The Balaban J connectivity index is 1.47. The lowest BCUT2D eigenvalue weighted by Gasteiger charge is -2.23. The Morgan fingerprint density at radius 1 is 0.949 bits per heavy atom. The summed E-state index contributed by atoms with van der Waals surface area (Å²) in [5.41, 5.74) is 5.52. The Morgan fingerprint density at radius 3 is 2.33 bits per heavy atom. The lowest BCUT2D eigenvalue weighted by atomic mass is 9.81. The van der Waals surface area contributed by atoms with Crippen molar-refractivity contribution in [3.8, 4) is 0 Å². The van der Waals surface area contributed by atoms with E-state index in [1.165, 1.54) is 6.07 Å². The van der Waals surface area contributed by atoms with Crippen molar-refractivity contribution in [3.05, 3.63) is 95.8 Å². The maximum absolute atomic E-state index is 11.6. The van der Waals surface area contributed by atoms with E-state index >= 15 is 0 Å². The van der Waals surface area contributed by atoms with Crippen LogP contribution in [0.15, 0.2) is 94.4 Å². The van der Waals surface area contributed by atoms with Gasteiger partial charge in [0.25, 0.3) is 10.1 Å². The molecule has 39 heavy (non-hydrogen) atoms. The van der Waals surface area contributed by atoms with Gasteiger partial charge < -0.3 is 4.90 Å². The van der Waals surface area contributed by atoms with E-state index in [4.69, 9.17) is 5.26 Å². The first-order valence-corrected chi connectivity index (χ1v) is 14.5. The van der Waals surface area contributed by atoms with Crippen LogP contribution in [0.4, 0.5) is 11.4 Å². The summed E-state index contributed by atoms with van der Waals surface area (Å²) >= 11 is 0.947. The smallest absolute Gasteiger partial charge is 0.294 e. The molecule has 0 radical (unpaired) electrons. The van der Waals surface area contributed by atoms with E-state index in [2.05, 4.69) is 33.9 Å². The van der Waals surface area contributed by atoms with Crippen molar-refractivity contribution in [2.75, 3.05) is 19.0 Å². The van der Waals surface area contributed by atoms with Gasteiger partial charge in [0.05, 0.1) is 22.4 Å². The molecule has 2 aliphatic rings. The third-order valence-corrected chi connectivity index (χ3v) is 8.84. The average Bonchev–Trinajstić information content (AvgIpc) is 3.19. The number of rotatable bonds is 8. The zero-order chi connectivity index (χ0) is 28.6. The number of likely N-dealkylation sites (N-methyl/N-ethyl adjacent to an activating group) is 1. The standard InChI is InChI=1S/C29H32N2O6S2/c1-28(2)22-18-20(38-37-36-32)14-16-24(22)30(5)26(28)12-10-8-7-9-11-13-27-29(3,4)23-19-21(39(33,34)35)15-17-25(23)31(27)6/h7-19H,1-6H3,(H-,32,33,34,35)/p+1. The zero-order valence-corrected chi connectivity index (χ0v) is 24.4. The fourth-order valence-corrected chi connectivity index (χ4v) is 6.29. The van der Waals surface area contributed by atoms with E-state index in [1.54, 1.807) is 12.1 Å². The highest BCUT2D eigenvalue weighted by atomic mass is 32.2. The molecule has 10 heteroatoms. The summed E-state index contributed by atoms with van der Waals surface area (Å²) in [6, 6.07) is 10.7. The Hall–Kier alpha value is -2.99. The molecule has 0 spiro atoms. The van der Waals surface area contributed by atoms with Crippen LogP contribution < -0.4 is 4.90 Å². The molecule has 0 amide bonds. The van der Waals surface area contributed by atoms with Crippen molar-refractivity contribution < 1.29 is 32.2 Å². The van der Waals surface area contributed by atoms with Crippen LogP contribution in [0.2, 0.25) is 0 Å². The van der Waals surface area contributed by atoms with Crippen molar-refractivity contribution >= 4 is 39.2 Å². The van der Waals surface area contributed by atoms with E-state index in [9.17, 15) is 13.0 Å². The second kappa shape index (κ2) is 10.9. The lowest BCUT2D eigenvalue weighted by Crippen LogP contribution is -2.26. The molecule has 2 aliphatic heterocycles. The van der Waals surface area contributed by atoms with Crippen LogP contribution in [-0.4, -0.2) is 42.6 Å². The lowest BCUT2D eigenvalue weighted by molar-refractivity contribution is -0.432. The molecule has 0 fully saturated rings. The summed E-state index contributed by atoms with van der Waals surface area (Å²) in [5, 5.41) is 12.2.